The highest BCUT2D eigenvalue weighted by atomic mass is 16.5. The number of hydrogen-bond acceptors (Lipinski definition) is 6. The van der Waals surface area contributed by atoms with E-state index in [4.69, 9.17) is 10.6 Å². The topological polar surface area (TPSA) is 83.6 Å². The summed E-state index contributed by atoms with van der Waals surface area (Å²) in [5.41, 5.74) is 2.96. The molecule has 0 bridgehead atoms. The smallest absolute Gasteiger partial charge is 0.144 e. The Kier molecular flexibility index (Phi) is 4.71. The van der Waals surface area contributed by atoms with Gasteiger partial charge in [0.05, 0.1) is 5.60 Å². The average molecular weight is 266 g/mol. The summed E-state index contributed by atoms with van der Waals surface area (Å²) in [6, 6.07) is 3.86. The lowest BCUT2D eigenvalue weighted by Crippen LogP contribution is -2.45. The molecule has 1 aliphatic heterocycles. The van der Waals surface area contributed by atoms with Crippen LogP contribution in [0, 0.1) is 0 Å². The minimum absolute atomic E-state index is 0.620. The lowest BCUT2D eigenvalue weighted by Gasteiger charge is -2.35. The van der Waals surface area contributed by atoms with Crippen LogP contribution in [0.1, 0.15) is 18.4 Å². The van der Waals surface area contributed by atoms with E-state index in [1.807, 2.05) is 19.2 Å². The number of likely N-dealkylation sites (N-methyl/N-ethyl adjacent to an activating group) is 1. The van der Waals surface area contributed by atoms with Crippen molar-refractivity contribution >= 4 is 5.82 Å². The van der Waals surface area contributed by atoms with E-state index in [2.05, 4.69) is 15.3 Å². The third-order valence-electron chi connectivity index (χ3n) is 3.46. The standard InChI is InChI=1S/C13H22N4O2/c1-17(10-13(18)4-7-19-8-5-13)9-11-3-2-6-15-12(11)16-14/h2-3,6,18H,4-5,7-10,14H2,1H3,(H,15,16). The van der Waals surface area contributed by atoms with Gasteiger partial charge in [0.1, 0.15) is 5.82 Å². The van der Waals surface area contributed by atoms with Crippen molar-refractivity contribution in [3.8, 4) is 0 Å². The highest BCUT2D eigenvalue weighted by molar-refractivity contribution is 5.42. The lowest BCUT2D eigenvalue weighted by atomic mass is 9.94. The van der Waals surface area contributed by atoms with Crippen molar-refractivity contribution in [2.75, 3.05) is 32.2 Å². The number of nitrogens with zero attached hydrogens (tertiary/aromatic N) is 2. The summed E-state index contributed by atoms with van der Waals surface area (Å²) < 4.78 is 5.29. The maximum Gasteiger partial charge on any atom is 0.144 e. The molecular formula is C13H22N4O2. The molecule has 0 amide bonds. The summed E-state index contributed by atoms with van der Waals surface area (Å²) in [7, 11) is 1.99. The molecule has 2 heterocycles. The molecular weight excluding hydrogens is 244 g/mol. The average Bonchev–Trinajstić information content (AvgIpc) is 2.39. The van der Waals surface area contributed by atoms with Crippen LogP contribution in [-0.2, 0) is 11.3 Å². The fourth-order valence-electron chi connectivity index (χ4n) is 2.45. The van der Waals surface area contributed by atoms with E-state index in [-0.39, 0.29) is 0 Å². The molecule has 106 valence electrons. The third-order valence-corrected chi connectivity index (χ3v) is 3.46. The molecule has 1 saturated heterocycles. The first kappa shape index (κ1) is 14.2. The van der Waals surface area contributed by atoms with E-state index in [9.17, 15) is 5.11 Å². The molecule has 0 aromatic carbocycles. The van der Waals surface area contributed by atoms with Crippen LogP contribution in [0.15, 0.2) is 18.3 Å². The maximum absolute atomic E-state index is 10.5. The number of pyridine rings is 1. The molecule has 19 heavy (non-hydrogen) atoms. The first-order valence-corrected chi connectivity index (χ1v) is 6.52. The Hall–Kier alpha value is -1.21. The van der Waals surface area contributed by atoms with Gasteiger partial charge in [-0.25, -0.2) is 10.8 Å². The molecule has 0 aliphatic carbocycles. The third kappa shape index (κ3) is 3.87. The zero-order valence-corrected chi connectivity index (χ0v) is 11.3. The van der Waals surface area contributed by atoms with Gasteiger partial charge in [0.15, 0.2) is 0 Å². The molecule has 4 N–H and O–H groups in total. The van der Waals surface area contributed by atoms with Crippen LogP contribution in [0.25, 0.3) is 0 Å². The summed E-state index contributed by atoms with van der Waals surface area (Å²) in [6.45, 7) is 2.57. The first-order valence-electron chi connectivity index (χ1n) is 6.52. The number of hydrogen-bond donors (Lipinski definition) is 3. The first-order chi connectivity index (χ1) is 9.13. The Balaban J connectivity index is 1.95. The van der Waals surface area contributed by atoms with Crippen molar-refractivity contribution in [3.05, 3.63) is 23.9 Å². The SMILES string of the molecule is CN(Cc1cccnc1NN)CC1(O)CCOCC1. The number of aromatic nitrogens is 1. The fraction of sp³-hybridized carbons (Fsp3) is 0.615. The Morgan fingerprint density at radius 3 is 2.95 bits per heavy atom. The number of nitrogen functional groups attached to an aromatic ring is 1. The summed E-state index contributed by atoms with van der Waals surface area (Å²) in [5.74, 6) is 6.11. The zero-order valence-electron chi connectivity index (χ0n) is 11.3. The predicted octanol–water partition coefficient (Wildman–Crippen LogP) is 0.341. The van der Waals surface area contributed by atoms with Crippen molar-refractivity contribution in [1.29, 1.82) is 0 Å². The molecule has 1 aromatic heterocycles. The Bertz CT molecular complexity index is 407. The van der Waals surface area contributed by atoms with Crippen molar-refractivity contribution in [1.82, 2.24) is 9.88 Å². The zero-order chi connectivity index (χ0) is 13.7. The second-order valence-corrected chi connectivity index (χ2v) is 5.16. The maximum atomic E-state index is 10.5. The molecule has 0 spiro atoms. The molecule has 6 heteroatoms. The number of ether oxygens (including phenoxy) is 1. The van der Waals surface area contributed by atoms with Gasteiger partial charge in [0.25, 0.3) is 0 Å². The van der Waals surface area contributed by atoms with Gasteiger partial charge in [-0.1, -0.05) is 6.07 Å². The van der Waals surface area contributed by atoms with Crippen LogP contribution in [0.4, 0.5) is 5.82 Å². The molecule has 0 radical (unpaired) electrons. The van der Waals surface area contributed by atoms with Gasteiger partial charge in [-0.05, 0) is 13.1 Å². The Morgan fingerprint density at radius 2 is 2.26 bits per heavy atom. The van der Waals surface area contributed by atoms with Crippen LogP contribution < -0.4 is 11.3 Å². The van der Waals surface area contributed by atoms with Gasteiger partial charge in [0, 0.05) is 50.9 Å². The minimum atomic E-state index is -0.647. The van der Waals surface area contributed by atoms with E-state index in [0.29, 0.717) is 45.0 Å². The van der Waals surface area contributed by atoms with Crippen molar-refractivity contribution < 1.29 is 9.84 Å². The van der Waals surface area contributed by atoms with Crippen molar-refractivity contribution in [3.63, 3.8) is 0 Å². The van der Waals surface area contributed by atoms with Gasteiger partial charge in [-0.3, -0.25) is 4.90 Å². The second-order valence-electron chi connectivity index (χ2n) is 5.16. The quantitative estimate of drug-likeness (QED) is 0.526. The van der Waals surface area contributed by atoms with E-state index >= 15 is 0 Å². The van der Waals surface area contributed by atoms with Gasteiger partial charge in [0.2, 0.25) is 0 Å². The summed E-state index contributed by atoms with van der Waals surface area (Å²) >= 11 is 0. The van der Waals surface area contributed by atoms with Crippen LogP contribution in [0.3, 0.4) is 0 Å². The highest BCUT2D eigenvalue weighted by Gasteiger charge is 2.31. The fourth-order valence-corrected chi connectivity index (χ4v) is 2.45. The number of anilines is 1. The number of rotatable bonds is 5. The molecule has 1 fully saturated rings. The van der Waals surface area contributed by atoms with Gasteiger partial charge in [-0.15, -0.1) is 0 Å². The van der Waals surface area contributed by atoms with Crippen LogP contribution in [0.5, 0.6) is 0 Å². The van der Waals surface area contributed by atoms with E-state index in [1.54, 1.807) is 6.20 Å². The second kappa shape index (κ2) is 6.29. The molecule has 0 atom stereocenters. The molecule has 1 aromatic rings. The Labute approximate surface area is 113 Å². The van der Waals surface area contributed by atoms with E-state index in [1.165, 1.54) is 0 Å². The largest absolute Gasteiger partial charge is 0.388 e. The van der Waals surface area contributed by atoms with Crippen LogP contribution >= 0.6 is 0 Å². The van der Waals surface area contributed by atoms with Crippen molar-refractivity contribution in [2.24, 2.45) is 5.84 Å². The minimum Gasteiger partial charge on any atom is -0.388 e. The monoisotopic (exact) mass is 266 g/mol. The summed E-state index contributed by atoms with van der Waals surface area (Å²) in [5, 5.41) is 10.5. The molecule has 0 unspecified atom stereocenters. The predicted molar refractivity (Wildman–Crippen MR) is 73.4 cm³/mol. The molecule has 0 saturated carbocycles. The molecule has 2 rings (SSSR count). The van der Waals surface area contributed by atoms with E-state index in [0.717, 1.165) is 5.56 Å². The number of hydrazine groups is 1. The van der Waals surface area contributed by atoms with Crippen LogP contribution in [0.2, 0.25) is 0 Å². The number of nitrogens with one attached hydrogen (secondary N) is 1. The normalized spacial score (nSPS) is 18.5. The lowest BCUT2D eigenvalue weighted by molar-refractivity contribution is -0.0777. The number of aliphatic hydroxyl groups is 1. The number of nitrogens with two attached hydrogens (primary N) is 1. The highest BCUT2D eigenvalue weighted by Crippen LogP contribution is 2.22. The summed E-state index contributed by atoms with van der Waals surface area (Å²) in [6.07, 6.45) is 3.07. The molecule has 6 nitrogen and oxygen atoms in total. The van der Waals surface area contributed by atoms with Crippen LogP contribution in [-0.4, -0.2) is 47.4 Å². The van der Waals surface area contributed by atoms with Gasteiger partial charge in [-0.2, -0.15) is 0 Å². The molecule has 1 aliphatic rings. The Morgan fingerprint density at radius 1 is 1.53 bits per heavy atom. The van der Waals surface area contributed by atoms with Crippen molar-refractivity contribution in [2.45, 2.75) is 25.0 Å². The van der Waals surface area contributed by atoms with Gasteiger partial charge >= 0.3 is 0 Å². The van der Waals surface area contributed by atoms with E-state index < -0.39 is 5.60 Å². The van der Waals surface area contributed by atoms with Gasteiger partial charge < -0.3 is 15.3 Å². The summed E-state index contributed by atoms with van der Waals surface area (Å²) in [4.78, 5) is 6.26.